The predicted molar refractivity (Wildman–Crippen MR) is 59.1 cm³/mol. The lowest BCUT2D eigenvalue weighted by Crippen LogP contribution is -2.34. The average Bonchev–Trinajstić information content (AvgIpc) is 2.95. The number of fused-ring (bicyclic) bond motifs is 1. The fourth-order valence-corrected chi connectivity index (χ4v) is 1.62. The molecule has 2 aliphatic heterocycles. The van der Waals surface area contributed by atoms with Crippen molar-refractivity contribution >= 4 is 11.6 Å². The molecule has 0 bridgehead atoms. The molecule has 1 unspecified atom stereocenters. The number of hydrogen-bond donors (Lipinski definition) is 1. The van der Waals surface area contributed by atoms with Gasteiger partial charge in [0.1, 0.15) is 5.75 Å². The van der Waals surface area contributed by atoms with Crippen LogP contribution in [0.4, 0.5) is 0 Å². The van der Waals surface area contributed by atoms with Crippen LogP contribution in [0, 0.1) is 0 Å². The third-order valence-electron chi connectivity index (χ3n) is 2.40. The summed E-state index contributed by atoms with van der Waals surface area (Å²) >= 11 is 5.78. The van der Waals surface area contributed by atoms with Gasteiger partial charge in [-0.25, -0.2) is 9.90 Å². The summed E-state index contributed by atoms with van der Waals surface area (Å²) in [6.07, 6.45) is 5.33. The molecule has 0 saturated carbocycles. The van der Waals surface area contributed by atoms with Gasteiger partial charge in [-0.3, -0.25) is 5.73 Å². The molecular formula is C11H9ClN2O2. The summed E-state index contributed by atoms with van der Waals surface area (Å²) in [5.41, 5.74) is 5.91. The number of benzene rings is 1. The Bertz CT molecular complexity index is 483. The Morgan fingerprint density at radius 2 is 2.06 bits per heavy atom. The zero-order valence-electron chi connectivity index (χ0n) is 8.26. The third kappa shape index (κ3) is 1.48. The molecule has 0 amide bonds. The predicted octanol–water partition coefficient (Wildman–Crippen LogP) is 1.99. The van der Waals surface area contributed by atoms with Gasteiger partial charge in [-0.05, 0) is 36.4 Å². The van der Waals surface area contributed by atoms with Crippen LogP contribution in [0.2, 0.25) is 5.02 Å². The van der Waals surface area contributed by atoms with Gasteiger partial charge in [0.2, 0.25) is 0 Å². The topological polar surface area (TPSA) is 50.8 Å². The second-order valence-electron chi connectivity index (χ2n) is 3.54. The minimum Gasteiger partial charge on any atom is -0.455 e. The standard InChI is InChI=1S/C11H9ClN2O2/c12-8-3-5-9(6-4-8)15-10-2-1-7-14-11(10,13)16-14/h1-7H,13H2. The first kappa shape index (κ1) is 9.72. The van der Waals surface area contributed by atoms with Crippen LogP contribution in [0.5, 0.6) is 5.75 Å². The number of hydrogen-bond acceptors (Lipinski definition) is 4. The molecule has 3 rings (SSSR count). The average molecular weight is 237 g/mol. The van der Waals surface area contributed by atoms with Crippen molar-refractivity contribution in [1.82, 2.24) is 5.06 Å². The monoisotopic (exact) mass is 236 g/mol. The number of allylic oxidation sites excluding steroid dienone is 2. The highest BCUT2D eigenvalue weighted by atomic mass is 35.5. The van der Waals surface area contributed by atoms with E-state index in [9.17, 15) is 0 Å². The summed E-state index contributed by atoms with van der Waals surface area (Å²) in [5, 5.41) is 2.19. The summed E-state index contributed by atoms with van der Waals surface area (Å²) < 4.78 is 5.63. The van der Waals surface area contributed by atoms with Crippen LogP contribution >= 0.6 is 11.6 Å². The molecule has 1 saturated heterocycles. The minimum atomic E-state index is -0.936. The highest BCUT2D eigenvalue weighted by Gasteiger charge is 2.56. The Morgan fingerprint density at radius 1 is 1.31 bits per heavy atom. The maximum absolute atomic E-state index is 5.91. The highest BCUT2D eigenvalue weighted by molar-refractivity contribution is 6.30. The minimum absolute atomic E-state index is 0.553. The van der Waals surface area contributed by atoms with Gasteiger partial charge in [0.15, 0.2) is 5.76 Å². The molecular weight excluding hydrogens is 228 g/mol. The lowest BCUT2D eigenvalue weighted by atomic mass is 10.3. The van der Waals surface area contributed by atoms with E-state index in [2.05, 4.69) is 0 Å². The second-order valence-corrected chi connectivity index (χ2v) is 3.98. The molecule has 5 heteroatoms. The highest BCUT2D eigenvalue weighted by Crippen LogP contribution is 2.39. The van der Waals surface area contributed by atoms with Crippen LogP contribution in [-0.4, -0.2) is 10.9 Å². The van der Waals surface area contributed by atoms with Crippen LogP contribution in [0.25, 0.3) is 0 Å². The van der Waals surface area contributed by atoms with Crippen molar-refractivity contribution in [3.05, 3.63) is 53.4 Å². The Hall–Kier alpha value is -1.49. The molecule has 2 heterocycles. The first-order valence-electron chi connectivity index (χ1n) is 4.78. The van der Waals surface area contributed by atoms with Gasteiger partial charge in [0.05, 0.1) is 0 Å². The summed E-state index contributed by atoms with van der Waals surface area (Å²) in [7, 11) is 0. The Kier molecular flexibility index (Phi) is 1.97. The van der Waals surface area contributed by atoms with Crippen molar-refractivity contribution in [2.24, 2.45) is 5.73 Å². The summed E-state index contributed by atoms with van der Waals surface area (Å²) in [6, 6.07) is 7.06. The van der Waals surface area contributed by atoms with Crippen LogP contribution < -0.4 is 10.5 Å². The normalized spacial score (nSPS) is 26.1. The molecule has 0 spiro atoms. The molecule has 0 radical (unpaired) electrons. The maximum atomic E-state index is 5.91. The summed E-state index contributed by atoms with van der Waals surface area (Å²) in [4.78, 5) is 5.18. The number of rotatable bonds is 2. The fourth-order valence-electron chi connectivity index (χ4n) is 1.49. The molecule has 0 aliphatic carbocycles. The Labute approximate surface area is 97.4 Å². The van der Waals surface area contributed by atoms with Crippen molar-refractivity contribution in [1.29, 1.82) is 0 Å². The number of nitrogens with two attached hydrogens (primary N) is 1. The van der Waals surface area contributed by atoms with E-state index in [1.54, 1.807) is 36.5 Å². The number of ether oxygens (including phenoxy) is 1. The molecule has 2 N–H and O–H groups in total. The zero-order chi connectivity index (χ0) is 11.2. The van der Waals surface area contributed by atoms with E-state index in [0.717, 1.165) is 0 Å². The van der Waals surface area contributed by atoms with Crippen LogP contribution in [-0.2, 0) is 4.84 Å². The molecule has 1 atom stereocenters. The van der Waals surface area contributed by atoms with Gasteiger partial charge >= 0.3 is 5.85 Å². The quantitative estimate of drug-likeness (QED) is 0.798. The lowest BCUT2D eigenvalue weighted by molar-refractivity contribution is 0.228. The third-order valence-corrected chi connectivity index (χ3v) is 2.65. The first-order valence-corrected chi connectivity index (χ1v) is 5.16. The van der Waals surface area contributed by atoms with Gasteiger partial charge in [0, 0.05) is 11.2 Å². The SMILES string of the molecule is NC12ON1C=CC=C2Oc1ccc(Cl)cc1. The van der Waals surface area contributed by atoms with E-state index in [-0.39, 0.29) is 0 Å². The number of hydroxylamine groups is 2. The van der Waals surface area contributed by atoms with Gasteiger partial charge in [0.25, 0.3) is 0 Å². The molecule has 0 aromatic heterocycles. The van der Waals surface area contributed by atoms with E-state index < -0.39 is 5.85 Å². The molecule has 1 aromatic rings. The van der Waals surface area contributed by atoms with E-state index >= 15 is 0 Å². The lowest BCUT2D eigenvalue weighted by Gasteiger charge is -2.13. The smallest absolute Gasteiger partial charge is 0.301 e. The van der Waals surface area contributed by atoms with Crippen molar-refractivity contribution in [3.63, 3.8) is 0 Å². The number of halogens is 1. The van der Waals surface area contributed by atoms with Crippen LogP contribution in [0.1, 0.15) is 0 Å². The second kappa shape index (κ2) is 3.25. The van der Waals surface area contributed by atoms with Crippen molar-refractivity contribution < 1.29 is 9.57 Å². The van der Waals surface area contributed by atoms with Gasteiger partial charge in [-0.15, -0.1) is 0 Å². The van der Waals surface area contributed by atoms with Gasteiger partial charge < -0.3 is 4.74 Å². The maximum Gasteiger partial charge on any atom is 0.301 e. The molecule has 4 nitrogen and oxygen atoms in total. The summed E-state index contributed by atoms with van der Waals surface area (Å²) in [5.74, 6) is 0.289. The van der Waals surface area contributed by atoms with E-state index in [1.165, 1.54) is 5.06 Å². The molecule has 82 valence electrons. The Morgan fingerprint density at radius 3 is 2.81 bits per heavy atom. The molecule has 1 aromatic carbocycles. The molecule has 1 fully saturated rings. The van der Waals surface area contributed by atoms with E-state index in [0.29, 0.717) is 16.5 Å². The first-order chi connectivity index (χ1) is 7.68. The van der Waals surface area contributed by atoms with Crippen molar-refractivity contribution in [2.75, 3.05) is 0 Å². The van der Waals surface area contributed by atoms with Crippen molar-refractivity contribution in [2.45, 2.75) is 5.85 Å². The molecule has 16 heavy (non-hydrogen) atoms. The fraction of sp³-hybridized carbons (Fsp3) is 0.0909. The van der Waals surface area contributed by atoms with Crippen molar-refractivity contribution in [3.8, 4) is 5.75 Å². The van der Waals surface area contributed by atoms with Crippen LogP contribution in [0.3, 0.4) is 0 Å². The van der Waals surface area contributed by atoms with Crippen LogP contribution in [0.15, 0.2) is 48.4 Å². The van der Waals surface area contributed by atoms with Gasteiger partial charge in [-0.1, -0.05) is 11.6 Å². The largest absolute Gasteiger partial charge is 0.455 e. The number of nitrogens with zero attached hydrogens (tertiary/aromatic N) is 1. The van der Waals surface area contributed by atoms with E-state index in [1.807, 2.05) is 6.08 Å². The Balaban J connectivity index is 1.82. The van der Waals surface area contributed by atoms with Gasteiger partial charge in [-0.2, -0.15) is 0 Å². The molecule has 2 aliphatic rings. The van der Waals surface area contributed by atoms with E-state index in [4.69, 9.17) is 26.9 Å². The zero-order valence-corrected chi connectivity index (χ0v) is 9.02. The summed E-state index contributed by atoms with van der Waals surface area (Å²) in [6.45, 7) is 0.